The van der Waals surface area contributed by atoms with Crippen LogP contribution in [0.5, 0.6) is 5.75 Å². The molecule has 0 saturated heterocycles. The molecule has 0 aliphatic carbocycles. The van der Waals surface area contributed by atoms with Gasteiger partial charge in [0.25, 0.3) is 0 Å². The topological polar surface area (TPSA) is 44.8 Å². The first-order valence-electron chi connectivity index (χ1n) is 7.63. The Balaban J connectivity index is 1.62. The van der Waals surface area contributed by atoms with Gasteiger partial charge in [-0.05, 0) is 43.3 Å². The van der Waals surface area contributed by atoms with Crippen molar-refractivity contribution < 1.29 is 19.0 Å². The number of thioether (sulfide) groups is 1. The summed E-state index contributed by atoms with van der Waals surface area (Å²) < 4.78 is 16.2. The van der Waals surface area contributed by atoms with Gasteiger partial charge in [0.1, 0.15) is 17.6 Å². The van der Waals surface area contributed by atoms with Crippen LogP contribution in [0.4, 0.5) is 0 Å². The van der Waals surface area contributed by atoms with Crippen LogP contribution in [0, 0.1) is 0 Å². The molecule has 1 aliphatic rings. The summed E-state index contributed by atoms with van der Waals surface area (Å²) in [4.78, 5) is 13.2. The molecule has 0 radical (unpaired) electrons. The Kier molecular flexibility index (Phi) is 6.12. The van der Waals surface area contributed by atoms with Gasteiger partial charge < -0.3 is 14.2 Å². The molecule has 0 saturated carbocycles. The fourth-order valence-corrected chi connectivity index (χ4v) is 3.65. The molecular weight excluding hydrogens is 383 g/mol. The number of hydrogen-bond acceptors (Lipinski definition) is 5. The SMILES string of the molecule is C[C@@H](Sc1ccc(Cl)cc1)C(=O)OCc1cc(Cl)cc2c1OCOC2. The van der Waals surface area contributed by atoms with Gasteiger partial charge in [0.05, 0.1) is 6.61 Å². The second-order valence-electron chi connectivity index (χ2n) is 5.49. The van der Waals surface area contributed by atoms with E-state index in [1.807, 2.05) is 12.1 Å². The molecule has 4 nitrogen and oxygen atoms in total. The van der Waals surface area contributed by atoms with Gasteiger partial charge in [-0.2, -0.15) is 0 Å². The Morgan fingerprint density at radius 2 is 2.00 bits per heavy atom. The second-order valence-corrected chi connectivity index (χ2v) is 7.77. The Morgan fingerprint density at radius 1 is 1.24 bits per heavy atom. The largest absolute Gasteiger partial charge is 0.467 e. The van der Waals surface area contributed by atoms with Crippen molar-refractivity contribution >= 4 is 40.9 Å². The summed E-state index contributed by atoms with van der Waals surface area (Å²) in [5, 5.41) is 0.872. The maximum atomic E-state index is 12.3. The molecule has 2 aromatic rings. The zero-order valence-corrected chi connectivity index (χ0v) is 15.8. The number of fused-ring (bicyclic) bond motifs is 1. The Labute approximate surface area is 160 Å². The zero-order valence-electron chi connectivity index (χ0n) is 13.5. The first-order valence-corrected chi connectivity index (χ1v) is 9.27. The van der Waals surface area contributed by atoms with E-state index in [-0.39, 0.29) is 24.6 Å². The van der Waals surface area contributed by atoms with Gasteiger partial charge in [-0.3, -0.25) is 4.79 Å². The summed E-state index contributed by atoms with van der Waals surface area (Å²) in [5.41, 5.74) is 1.59. The third kappa shape index (κ3) is 4.82. The van der Waals surface area contributed by atoms with Crippen LogP contribution in [-0.4, -0.2) is 18.0 Å². The lowest BCUT2D eigenvalue weighted by Crippen LogP contribution is -2.18. The number of benzene rings is 2. The molecule has 0 bridgehead atoms. The molecule has 1 aliphatic heterocycles. The quantitative estimate of drug-likeness (QED) is 0.518. The van der Waals surface area contributed by atoms with Crippen LogP contribution in [-0.2, 0) is 27.5 Å². The number of halogens is 2. The standard InChI is InChI=1S/C18H16Cl2O4S/c1-11(25-16-4-2-14(19)3-5-16)18(21)23-9-13-7-15(20)6-12-8-22-10-24-17(12)13/h2-7,11H,8-10H2,1H3/t11-/m1/s1. The summed E-state index contributed by atoms with van der Waals surface area (Å²) in [6.45, 7) is 2.52. The molecule has 25 heavy (non-hydrogen) atoms. The lowest BCUT2D eigenvalue weighted by molar-refractivity contribution is -0.144. The van der Waals surface area contributed by atoms with Crippen LogP contribution >= 0.6 is 35.0 Å². The Morgan fingerprint density at radius 3 is 2.76 bits per heavy atom. The number of carbonyl (C=O) groups is 1. The highest BCUT2D eigenvalue weighted by Gasteiger charge is 2.20. The van der Waals surface area contributed by atoms with E-state index in [1.54, 1.807) is 31.2 Å². The first-order chi connectivity index (χ1) is 12.0. The predicted molar refractivity (Wildman–Crippen MR) is 98.3 cm³/mol. The van der Waals surface area contributed by atoms with Crippen LogP contribution in [0.15, 0.2) is 41.3 Å². The summed E-state index contributed by atoms with van der Waals surface area (Å²) in [5.74, 6) is 0.377. The molecule has 2 aromatic carbocycles. The number of esters is 1. The average molecular weight is 399 g/mol. The number of hydrogen-bond donors (Lipinski definition) is 0. The van der Waals surface area contributed by atoms with Crippen molar-refractivity contribution in [3.8, 4) is 5.75 Å². The highest BCUT2D eigenvalue weighted by atomic mass is 35.5. The van der Waals surface area contributed by atoms with Crippen molar-refractivity contribution in [3.05, 3.63) is 57.6 Å². The molecule has 0 amide bonds. The van der Waals surface area contributed by atoms with Crippen molar-refractivity contribution in [1.29, 1.82) is 0 Å². The molecule has 0 fully saturated rings. The third-order valence-corrected chi connectivity index (χ3v) is 5.14. The molecule has 0 spiro atoms. The van der Waals surface area contributed by atoms with E-state index in [9.17, 15) is 4.79 Å². The first kappa shape index (κ1) is 18.4. The Bertz CT molecular complexity index is 764. The van der Waals surface area contributed by atoms with E-state index in [0.717, 1.165) is 16.0 Å². The van der Waals surface area contributed by atoms with Crippen molar-refractivity contribution in [2.24, 2.45) is 0 Å². The molecule has 132 valence electrons. The second kappa shape index (κ2) is 8.32. The van der Waals surface area contributed by atoms with Crippen LogP contribution in [0.25, 0.3) is 0 Å². The van der Waals surface area contributed by atoms with Crippen molar-refractivity contribution in [3.63, 3.8) is 0 Å². The molecule has 3 rings (SSSR count). The summed E-state index contributed by atoms with van der Waals surface area (Å²) in [7, 11) is 0. The van der Waals surface area contributed by atoms with Gasteiger partial charge >= 0.3 is 5.97 Å². The normalized spacial score (nSPS) is 14.4. The maximum Gasteiger partial charge on any atom is 0.319 e. The zero-order chi connectivity index (χ0) is 17.8. The highest BCUT2D eigenvalue weighted by Crippen LogP contribution is 2.32. The number of carbonyl (C=O) groups excluding carboxylic acids is 1. The monoisotopic (exact) mass is 398 g/mol. The molecule has 0 aromatic heterocycles. The molecule has 1 atom stereocenters. The van der Waals surface area contributed by atoms with Gasteiger partial charge in [-0.1, -0.05) is 23.2 Å². The van der Waals surface area contributed by atoms with E-state index in [1.165, 1.54) is 11.8 Å². The van der Waals surface area contributed by atoms with Crippen molar-refractivity contribution in [2.75, 3.05) is 6.79 Å². The number of ether oxygens (including phenoxy) is 3. The van der Waals surface area contributed by atoms with Crippen LogP contribution in [0.1, 0.15) is 18.1 Å². The van der Waals surface area contributed by atoms with Crippen molar-refractivity contribution in [2.45, 2.75) is 30.3 Å². The van der Waals surface area contributed by atoms with E-state index in [0.29, 0.717) is 22.4 Å². The molecule has 0 N–H and O–H groups in total. The lowest BCUT2D eigenvalue weighted by atomic mass is 10.1. The van der Waals surface area contributed by atoms with Crippen LogP contribution in [0.2, 0.25) is 10.0 Å². The smallest absolute Gasteiger partial charge is 0.319 e. The summed E-state index contributed by atoms with van der Waals surface area (Å²) in [6, 6.07) is 10.9. The molecule has 7 heteroatoms. The van der Waals surface area contributed by atoms with Crippen LogP contribution in [0.3, 0.4) is 0 Å². The van der Waals surface area contributed by atoms with E-state index in [2.05, 4.69) is 0 Å². The van der Waals surface area contributed by atoms with Crippen molar-refractivity contribution in [1.82, 2.24) is 0 Å². The third-order valence-electron chi connectivity index (χ3n) is 3.58. The molecular formula is C18H16Cl2O4S. The fraction of sp³-hybridized carbons (Fsp3) is 0.278. The lowest BCUT2D eigenvalue weighted by Gasteiger charge is -2.21. The molecule has 1 heterocycles. The molecule has 0 unspecified atom stereocenters. The van der Waals surface area contributed by atoms with Gasteiger partial charge in [0.2, 0.25) is 0 Å². The average Bonchev–Trinajstić information content (AvgIpc) is 2.61. The van der Waals surface area contributed by atoms with E-state index < -0.39 is 0 Å². The minimum absolute atomic E-state index is 0.104. The fourth-order valence-electron chi connectivity index (χ4n) is 2.40. The van der Waals surface area contributed by atoms with Gasteiger partial charge in [-0.25, -0.2) is 0 Å². The Hall–Kier alpha value is -1.40. The van der Waals surface area contributed by atoms with Gasteiger partial charge in [0.15, 0.2) is 6.79 Å². The highest BCUT2D eigenvalue weighted by molar-refractivity contribution is 8.00. The van der Waals surface area contributed by atoms with Gasteiger partial charge in [0, 0.05) is 26.1 Å². The predicted octanol–water partition coefficient (Wildman–Crippen LogP) is 5.08. The summed E-state index contributed by atoms with van der Waals surface area (Å²) in [6.07, 6.45) is 0. The summed E-state index contributed by atoms with van der Waals surface area (Å²) >= 11 is 13.4. The van der Waals surface area contributed by atoms with Gasteiger partial charge in [-0.15, -0.1) is 11.8 Å². The minimum Gasteiger partial charge on any atom is -0.467 e. The maximum absolute atomic E-state index is 12.3. The minimum atomic E-state index is -0.347. The van der Waals surface area contributed by atoms with Crippen LogP contribution < -0.4 is 4.74 Å². The number of rotatable bonds is 5. The van der Waals surface area contributed by atoms with E-state index in [4.69, 9.17) is 37.4 Å². The van der Waals surface area contributed by atoms with E-state index >= 15 is 0 Å².